The zero-order valence-corrected chi connectivity index (χ0v) is 26.6. The predicted molar refractivity (Wildman–Crippen MR) is 162 cm³/mol. The van der Waals surface area contributed by atoms with Crippen LogP contribution in [0.2, 0.25) is 0 Å². The van der Waals surface area contributed by atoms with Gasteiger partial charge in [0.15, 0.2) is 0 Å². The van der Waals surface area contributed by atoms with Gasteiger partial charge in [0.2, 0.25) is 0 Å². The first-order chi connectivity index (χ1) is 18.3. The molecule has 1 aromatic heterocycles. The summed E-state index contributed by atoms with van der Waals surface area (Å²) in [4.78, 5) is 2.47. The largest absolute Gasteiger partial charge is 0.379 e. The lowest BCUT2D eigenvalue weighted by Crippen LogP contribution is -2.48. The van der Waals surface area contributed by atoms with Gasteiger partial charge in [0.1, 0.15) is 5.82 Å². The second kappa shape index (κ2) is 12.8. The first-order valence-electron chi connectivity index (χ1n) is 14.1. The summed E-state index contributed by atoms with van der Waals surface area (Å²) in [6.45, 7) is 21.2. The zero-order valence-electron chi connectivity index (χ0n) is 24.7. The van der Waals surface area contributed by atoms with Gasteiger partial charge in [0, 0.05) is 55.1 Å². The Morgan fingerprint density at radius 1 is 1.08 bits per heavy atom. The van der Waals surface area contributed by atoms with Crippen LogP contribution in [0.5, 0.6) is 0 Å². The van der Waals surface area contributed by atoms with Crippen molar-refractivity contribution in [1.29, 1.82) is 0 Å². The van der Waals surface area contributed by atoms with Crippen LogP contribution in [0.15, 0.2) is 24.4 Å². The van der Waals surface area contributed by atoms with Crippen LogP contribution in [-0.2, 0) is 22.6 Å². The minimum atomic E-state index is -0.203. The van der Waals surface area contributed by atoms with Crippen molar-refractivity contribution >= 4 is 26.7 Å². The smallest absolute Gasteiger partial charge is 0.123 e. The molecule has 3 aliphatic heterocycles. The van der Waals surface area contributed by atoms with Gasteiger partial charge < -0.3 is 14.8 Å². The summed E-state index contributed by atoms with van der Waals surface area (Å²) in [6, 6.07) is 5.29. The van der Waals surface area contributed by atoms with E-state index >= 15 is 0 Å². The molecule has 4 heterocycles. The fraction of sp³-hybridized carbons (Fsp3) is 0.690. The number of rotatable bonds is 4. The van der Waals surface area contributed by atoms with Gasteiger partial charge in [-0.3, -0.25) is 4.90 Å². The van der Waals surface area contributed by atoms with Crippen molar-refractivity contribution in [3.05, 3.63) is 47.0 Å². The van der Waals surface area contributed by atoms with Crippen molar-refractivity contribution in [1.82, 2.24) is 23.7 Å². The van der Waals surface area contributed by atoms with E-state index in [1.807, 2.05) is 10.2 Å². The molecule has 3 aliphatic rings. The van der Waals surface area contributed by atoms with Crippen LogP contribution in [-0.4, -0.2) is 68.4 Å². The van der Waals surface area contributed by atoms with Gasteiger partial charge >= 0.3 is 0 Å². The van der Waals surface area contributed by atoms with Crippen LogP contribution >= 0.6 is 21.4 Å². The van der Waals surface area contributed by atoms with Crippen molar-refractivity contribution in [2.24, 2.45) is 5.92 Å². The van der Waals surface area contributed by atoms with Gasteiger partial charge in [-0.15, -0.1) is 9.24 Å². The van der Waals surface area contributed by atoms with E-state index in [-0.39, 0.29) is 23.0 Å². The maximum absolute atomic E-state index is 13.8. The lowest BCUT2D eigenvalue weighted by Gasteiger charge is -2.39. The first kappa shape index (κ1) is 30.9. The van der Waals surface area contributed by atoms with Crippen molar-refractivity contribution in [2.75, 3.05) is 32.9 Å². The maximum atomic E-state index is 13.8. The third-order valence-corrected chi connectivity index (χ3v) is 8.48. The fourth-order valence-electron chi connectivity index (χ4n) is 5.77. The molecule has 39 heavy (non-hydrogen) atoms. The normalized spacial score (nSPS) is 24.8. The molecular formula is C29H47FN5O2PS. The topological polar surface area (TPSA) is 54.8 Å². The number of halogens is 1. The van der Waals surface area contributed by atoms with Crippen LogP contribution < -0.4 is 10.6 Å². The fourth-order valence-corrected chi connectivity index (χ4v) is 6.97. The summed E-state index contributed by atoms with van der Waals surface area (Å²) < 4.78 is 29.7. The van der Waals surface area contributed by atoms with E-state index in [9.17, 15) is 4.39 Å². The molecule has 5 rings (SSSR count). The highest BCUT2D eigenvalue weighted by molar-refractivity contribution is 7.95. The molecule has 2 aromatic rings. The molecule has 0 saturated carbocycles. The van der Waals surface area contributed by atoms with E-state index in [1.54, 1.807) is 18.2 Å². The van der Waals surface area contributed by atoms with Crippen LogP contribution in [0.4, 0.5) is 4.39 Å². The van der Waals surface area contributed by atoms with E-state index in [4.69, 9.17) is 14.6 Å². The molecule has 2 fully saturated rings. The molecule has 1 aromatic carbocycles. The molecule has 3 unspecified atom stereocenters. The van der Waals surface area contributed by atoms with Gasteiger partial charge in [-0.25, -0.2) is 8.70 Å². The third kappa shape index (κ3) is 8.96. The summed E-state index contributed by atoms with van der Waals surface area (Å²) in [6.07, 6.45) is 3.15. The van der Waals surface area contributed by atoms with Gasteiger partial charge in [-0.05, 0) is 76.9 Å². The van der Waals surface area contributed by atoms with Gasteiger partial charge in [0.05, 0.1) is 43.8 Å². The average Bonchev–Trinajstić information content (AvgIpc) is 3.38. The molecule has 218 valence electrons. The second-order valence-corrected chi connectivity index (χ2v) is 14.7. The highest BCUT2D eigenvalue weighted by Crippen LogP contribution is 2.37. The number of hydrogen-bond acceptors (Lipinski definition) is 7. The zero-order chi connectivity index (χ0) is 28.4. The Kier molecular flexibility index (Phi) is 10.2. The summed E-state index contributed by atoms with van der Waals surface area (Å²) in [5.41, 5.74) is 3.90. The Balaban J connectivity index is 0.000000340. The lowest BCUT2D eigenvalue weighted by molar-refractivity contribution is -0.0705. The SMILES string of the molecule is CC(C)(C)NC(C)(C)C.CC1CC(N2Cc3cn(SN4CCOCC4)nc3C2)CO[C@@H]1c1cc(F)ccc1P. The lowest BCUT2D eigenvalue weighted by atomic mass is 9.88. The van der Waals surface area contributed by atoms with Crippen LogP contribution in [0.3, 0.4) is 0 Å². The van der Waals surface area contributed by atoms with Gasteiger partial charge in [-0.2, -0.15) is 9.19 Å². The van der Waals surface area contributed by atoms with Crippen molar-refractivity contribution in [3.8, 4) is 0 Å². The molecule has 0 aliphatic carbocycles. The van der Waals surface area contributed by atoms with E-state index in [1.165, 1.54) is 17.3 Å². The number of fused-ring (bicyclic) bond motifs is 1. The molecule has 10 heteroatoms. The molecule has 0 spiro atoms. The number of hydrogen-bond donors (Lipinski definition) is 1. The summed E-state index contributed by atoms with van der Waals surface area (Å²) in [7, 11) is 2.71. The molecule has 0 radical (unpaired) electrons. The molecule has 1 N–H and O–H groups in total. The Labute approximate surface area is 241 Å². The molecule has 0 bridgehead atoms. The number of nitrogens with zero attached hydrogens (tertiary/aromatic N) is 4. The van der Waals surface area contributed by atoms with Gasteiger partial charge in [0.25, 0.3) is 0 Å². The molecule has 4 atom stereocenters. The number of nitrogens with one attached hydrogen (secondary N) is 1. The van der Waals surface area contributed by atoms with Crippen molar-refractivity contribution in [2.45, 2.75) is 91.2 Å². The predicted octanol–water partition coefficient (Wildman–Crippen LogP) is 4.92. The summed E-state index contributed by atoms with van der Waals surface area (Å²) in [5.74, 6) is 0.125. The van der Waals surface area contributed by atoms with Crippen LogP contribution in [0.1, 0.15) is 77.8 Å². The Morgan fingerprint density at radius 3 is 2.36 bits per heavy atom. The van der Waals surface area contributed by atoms with Crippen molar-refractivity contribution < 1.29 is 13.9 Å². The number of ether oxygens (including phenoxy) is 2. The van der Waals surface area contributed by atoms with Gasteiger partial charge in [-0.1, -0.05) is 13.0 Å². The molecular weight excluding hydrogens is 532 g/mol. The van der Waals surface area contributed by atoms with Crippen molar-refractivity contribution in [3.63, 3.8) is 0 Å². The standard InChI is InChI=1S/C21H28FN4O2PS.C8H19N/c1-14-8-17(13-28-21(14)18-9-16(22)2-3-20(18)29)24-10-15-11-26(23-19(15)12-24)30-25-4-6-27-7-5-25;1-7(2,3)9-8(4,5)6/h2-3,9,11,14,17,21H,4-8,10,12-13,29H2,1H3;9H,1-6H3/t14?,17?,21-;/m0./s1. The van der Waals surface area contributed by atoms with E-state index < -0.39 is 0 Å². The van der Waals surface area contributed by atoms with Crippen LogP contribution in [0.25, 0.3) is 0 Å². The minimum Gasteiger partial charge on any atom is -0.379 e. The third-order valence-electron chi connectivity index (χ3n) is 7.00. The van der Waals surface area contributed by atoms with E-state index in [0.717, 1.165) is 56.7 Å². The Morgan fingerprint density at radius 2 is 1.77 bits per heavy atom. The summed E-state index contributed by atoms with van der Waals surface area (Å²) >= 11 is 1.67. The molecule has 0 amide bonds. The molecule has 7 nitrogen and oxygen atoms in total. The highest BCUT2D eigenvalue weighted by atomic mass is 32.2. The molecule has 2 saturated heterocycles. The monoisotopic (exact) mass is 579 g/mol. The average molecular weight is 580 g/mol. The Hall–Kier alpha value is -1.06. The van der Waals surface area contributed by atoms with E-state index in [2.05, 4.69) is 78.4 Å². The first-order valence-corrected chi connectivity index (χ1v) is 15.4. The minimum absolute atomic E-state index is 0.0523. The van der Waals surface area contributed by atoms with Crippen LogP contribution in [0, 0.1) is 11.7 Å². The maximum Gasteiger partial charge on any atom is 0.123 e. The number of morpholine rings is 1. The Bertz CT molecular complexity index is 1060. The quantitative estimate of drug-likeness (QED) is 0.408. The summed E-state index contributed by atoms with van der Waals surface area (Å²) in [5, 5.41) is 9.28. The van der Waals surface area contributed by atoms with E-state index in [0.29, 0.717) is 18.6 Å². The number of benzene rings is 1. The second-order valence-electron chi connectivity index (χ2n) is 13.1. The highest BCUT2D eigenvalue weighted by Gasteiger charge is 2.36. The number of aromatic nitrogens is 2.